The Labute approximate surface area is 112 Å². The molecule has 0 aliphatic carbocycles. The molecule has 0 unspecified atom stereocenters. The van der Waals surface area contributed by atoms with Gasteiger partial charge in [-0.1, -0.05) is 12.1 Å². The van der Waals surface area contributed by atoms with Gasteiger partial charge < -0.3 is 4.42 Å². The molecule has 5 heteroatoms. The van der Waals surface area contributed by atoms with E-state index < -0.39 is 17.4 Å². The fourth-order valence-electron chi connectivity index (χ4n) is 1.94. The number of ketones is 1. The van der Waals surface area contributed by atoms with Gasteiger partial charge >= 0.3 is 0 Å². The summed E-state index contributed by atoms with van der Waals surface area (Å²) in [6.07, 6.45) is -0.169. The average molecular weight is 273 g/mol. The van der Waals surface area contributed by atoms with E-state index >= 15 is 0 Å². The second-order valence-corrected chi connectivity index (χ2v) is 4.30. The van der Waals surface area contributed by atoms with E-state index in [2.05, 4.69) is 4.98 Å². The van der Waals surface area contributed by atoms with Crippen LogP contribution in [0.25, 0.3) is 11.1 Å². The van der Waals surface area contributed by atoms with Gasteiger partial charge in [0, 0.05) is 6.07 Å². The van der Waals surface area contributed by atoms with Crippen LogP contribution in [0.1, 0.15) is 16.2 Å². The van der Waals surface area contributed by atoms with E-state index in [1.165, 1.54) is 0 Å². The van der Waals surface area contributed by atoms with Crippen molar-refractivity contribution >= 4 is 16.9 Å². The number of fused-ring (bicyclic) bond motifs is 1. The summed E-state index contributed by atoms with van der Waals surface area (Å²) in [5, 5.41) is 0. The van der Waals surface area contributed by atoms with Crippen molar-refractivity contribution in [2.24, 2.45) is 0 Å². The van der Waals surface area contributed by atoms with Crippen LogP contribution in [0.5, 0.6) is 0 Å². The number of hydrogen-bond acceptors (Lipinski definition) is 3. The summed E-state index contributed by atoms with van der Waals surface area (Å²) >= 11 is 0. The van der Waals surface area contributed by atoms with Crippen molar-refractivity contribution in [2.45, 2.75) is 6.42 Å². The molecule has 1 aromatic heterocycles. The lowest BCUT2D eigenvalue weighted by atomic mass is 10.1. The fourth-order valence-corrected chi connectivity index (χ4v) is 1.94. The zero-order chi connectivity index (χ0) is 14.1. The maximum Gasteiger partial charge on any atom is 0.203 e. The van der Waals surface area contributed by atoms with Crippen molar-refractivity contribution in [1.82, 2.24) is 4.98 Å². The van der Waals surface area contributed by atoms with Crippen LogP contribution in [-0.2, 0) is 6.42 Å². The maximum atomic E-state index is 13.5. The Balaban J connectivity index is 1.88. The molecule has 0 bridgehead atoms. The van der Waals surface area contributed by atoms with E-state index in [1.807, 2.05) is 0 Å². The normalized spacial score (nSPS) is 10.9. The highest BCUT2D eigenvalue weighted by molar-refractivity contribution is 5.97. The number of oxazole rings is 1. The molecule has 0 spiro atoms. The number of carbonyl (C=O) groups is 1. The number of Topliss-reactive ketones (excluding diaryl/α,β-unsaturated/α-hetero) is 1. The van der Waals surface area contributed by atoms with Crippen LogP contribution in [0, 0.1) is 11.6 Å². The van der Waals surface area contributed by atoms with Crippen LogP contribution in [-0.4, -0.2) is 10.8 Å². The molecule has 1 heterocycles. The molecule has 3 aromatic rings. The molecule has 0 fully saturated rings. The second kappa shape index (κ2) is 4.85. The molecule has 0 amide bonds. The summed E-state index contributed by atoms with van der Waals surface area (Å²) in [6, 6.07) is 9.92. The van der Waals surface area contributed by atoms with Gasteiger partial charge in [-0.05, 0) is 24.3 Å². The van der Waals surface area contributed by atoms with Crippen LogP contribution < -0.4 is 0 Å². The van der Waals surface area contributed by atoms with Gasteiger partial charge in [-0.15, -0.1) is 0 Å². The van der Waals surface area contributed by atoms with Gasteiger partial charge in [-0.2, -0.15) is 0 Å². The third kappa shape index (κ3) is 2.30. The lowest BCUT2D eigenvalue weighted by molar-refractivity contribution is 0.0982. The Morgan fingerprint density at radius 1 is 1.15 bits per heavy atom. The third-order valence-corrected chi connectivity index (χ3v) is 2.88. The molecule has 3 nitrogen and oxygen atoms in total. The van der Waals surface area contributed by atoms with E-state index in [-0.39, 0.29) is 17.9 Å². The zero-order valence-corrected chi connectivity index (χ0v) is 10.3. The molecule has 0 aliphatic heterocycles. The Kier molecular flexibility index (Phi) is 3.02. The highest BCUT2D eigenvalue weighted by atomic mass is 19.1. The summed E-state index contributed by atoms with van der Waals surface area (Å²) in [5.41, 5.74) is 1.03. The number of hydrogen-bond donors (Lipinski definition) is 0. The first-order valence-electron chi connectivity index (χ1n) is 5.96. The van der Waals surface area contributed by atoms with Gasteiger partial charge in [0.25, 0.3) is 0 Å². The Hall–Kier alpha value is -2.56. The highest BCUT2D eigenvalue weighted by Gasteiger charge is 2.16. The van der Waals surface area contributed by atoms with Crippen molar-refractivity contribution in [2.75, 3.05) is 0 Å². The lowest BCUT2D eigenvalue weighted by Crippen LogP contribution is -2.06. The van der Waals surface area contributed by atoms with Crippen molar-refractivity contribution in [3.8, 4) is 0 Å². The molecule has 2 aromatic carbocycles. The molecular formula is C15H9F2NO2. The molecule has 3 rings (SSSR count). The lowest BCUT2D eigenvalue weighted by Gasteiger charge is -2.00. The van der Waals surface area contributed by atoms with E-state index in [9.17, 15) is 13.6 Å². The zero-order valence-electron chi connectivity index (χ0n) is 10.3. The number of carbonyl (C=O) groups excluding carboxylic acids is 1. The first-order chi connectivity index (χ1) is 9.63. The van der Waals surface area contributed by atoms with Gasteiger partial charge in [-0.3, -0.25) is 4.79 Å². The Bertz CT molecular complexity index is 762. The van der Waals surface area contributed by atoms with Gasteiger partial charge in [0.05, 0.1) is 12.0 Å². The van der Waals surface area contributed by atoms with E-state index in [1.54, 1.807) is 24.3 Å². The number of rotatable bonds is 3. The topological polar surface area (TPSA) is 43.1 Å². The number of halogens is 2. The predicted molar refractivity (Wildman–Crippen MR) is 68.4 cm³/mol. The van der Waals surface area contributed by atoms with Crippen LogP contribution in [0.4, 0.5) is 8.78 Å². The molecule has 20 heavy (non-hydrogen) atoms. The molecule has 0 saturated carbocycles. The van der Waals surface area contributed by atoms with E-state index in [0.29, 0.717) is 17.2 Å². The van der Waals surface area contributed by atoms with Crippen molar-refractivity contribution in [1.29, 1.82) is 0 Å². The first kappa shape index (κ1) is 12.5. The summed E-state index contributed by atoms with van der Waals surface area (Å²) < 4.78 is 31.7. The maximum absolute atomic E-state index is 13.5. The van der Waals surface area contributed by atoms with E-state index in [0.717, 1.165) is 12.1 Å². The van der Waals surface area contributed by atoms with Crippen LogP contribution in [0.2, 0.25) is 0 Å². The molecule has 0 aliphatic rings. The fraction of sp³-hybridized carbons (Fsp3) is 0.0667. The number of nitrogens with zero attached hydrogens (tertiary/aromatic N) is 1. The number of benzene rings is 2. The largest absolute Gasteiger partial charge is 0.440 e. The van der Waals surface area contributed by atoms with E-state index in [4.69, 9.17) is 4.42 Å². The SMILES string of the molecule is O=C(Cc1nc2ccccc2o1)c1ccc(F)cc1F. The average Bonchev–Trinajstić information content (AvgIpc) is 2.80. The molecular weight excluding hydrogens is 264 g/mol. The summed E-state index contributed by atoms with van der Waals surface area (Å²) in [7, 11) is 0. The summed E-state index contributed by atoms with van der Waals surface area (Å²) in [4.78, 5) is 16.1. The Morgan fingerprint density at radius 3 is 2.70 bits per heavy atom. The molecule has 0 radical (unpaired) electrons. The second-order valence-electron chi connectivity index (χ2n) is 4.30. The molecule has 0 atom stereocenters. The van der Waals surface area contributed by atoms with Gasteiger partial charge in [-0.25, -0.2) is 13.8 Å². The quantitative estimate of drug-likeness (QED) is 0.685. The van der Waals surface area contributed by atoms with Crippen LogP contribution in [0.3, 0.4) is 0 Å². The standard InChI is InChI=1S/C15H9F2NO2/c16-9-5-6-10(11(17)7-9)13(19)8-15-18-12-3-1-2-4-14(12)20-15/h1-7H,8H2. The smallest absolute Gasteiger partial charge is 0.203 e. The minimum absolute atomic E-state index is 0.169. The van der Waals surface area contributed by atoms with Gasteiger partial charge in [0.2, 0.25) is 5.89 Å². The van der Waals surface area contributed by atoms with Gasteiger partial charge in [0.1, 0.15) is 17.2 Å². The summed E-state index contributed by atoms with van der Waals surface area (Å²) in [6.45, 7) is 0. The highest BCUT2D eigenvalue weighted by Crippen LogP contribution is 2.17. The monoisotopic (exact) mass is 273 g/mol. The van der Waals surface area contributed by atoms with Crippen LogP contribution >= 0.6 is 0 Å². The van der Waals surface area contributed by atoms with Crippen molar-refractivity contribution in [3.05, 3.63) is 65.6 Å². The first-order valence-corrected chi connectivity index (χ1v) is 5.96. The molecule has 0 saturated heterocycles. The summed E-state index contributed by atoms with van der Waals surface area (Å²) in [5.74, 6) is -1.90. The Morgan fingerprint density at radius 2 is 1.95 bits per heavy atom. The third-order valence-electron chi connectivity index (χ3n) is 2.88. The number of para-hydroxylation sites is 2. The van der Waals surface area contributed by atoms with Crippen LogP contribution in [0.15, 0.2) is 46.9 Å². The van der Waals surface area contributed by atoms with Gasteiger partial charge in [0.15, 0.2) is 11.4 Å². The minimum Gasteiger partial charge on any atom is -0.440 e. The predicted octanol–water partition coefficient (Wildman–Crippen LogP) is 3.53. The molecule has 100 valence electrons. The van der Waals surface area contributed by atoms with Crippen molar-refractivity contribution < 1.29 is 18.0 Å². The molecule has 0 N–H and O–H groups in total. The number of aromatic nitrogens is 1. The van der Waals surface area contributed by atoms with Crippen molar-refractivity contribution in [3.63, 3.8) is 0 Å². The minimum atomic E-state index is -0.883.